The van der Waals surface area contributed by atoms with Crippen LogP contribution in [0.2, 0.25) is 0 Å². The predicted molar refractivity (Wildman–Crippen MR) is 260 cm³/mol. The Hall–Kier alpha value is -4.28. The van der Waals surface area contributed by atoms with E-state index in [-0.39, 0.29) is 36.1 Å². The highest BCUT2D eigenvalue weighted by Crippen LogP contribution is 2.89. The van der Waals surface area contributed by atoms with Crippen LogP contribution in [0.15, 0.2) is 0 Å². The zero-order valence-electron chi connectivity index (χ0n) is 46.6. The lowest BCUT2D eigenvalue weighted by Crippen LogP contribution is -2.66. The van der Waals surface area contributed by atoms with Gasteiger partial charge < -0.3 is 61.9 Å². The Morgan fingerprint density at radius 3 is 1.75 bits per heavy atom. The van der Waals surface area contributed by atoms with Gasteiger partial charge in [-0.2, -0.15) is 0 Å². The first kappa shape index (κ1) is 57.9. The van der Waals surface area contributed by atoms with Gasteiger partial charge in [-0.15, -0.1) is 0 Å². The van der Waals surface area contributed by atoms with Crippen LogP contribution in [-0.2, 0) is 95.2 Å². The molecule has 5 saturated carbocycles. The highest BCUT2D eigenvalue weighted by Gasteiger charge is 2.85. The van der Waals surface area contributed by atoms with Crippen LogP contribution in [0.1, 0.15) is 155 Å². The van der Waals surface area contributed by atoms with E-state index in [0.717, 1.165) is 33.1 Å². The van der Waals surface area contributed by atoms with Crippen molar-refractivity contribution in [2.45, 2.75) is 240 Å². The summed E-state index contributed by atoms with van der Waals surface area (Å²) < 4.78 is 73.9. The molecule has 2 unspecified atom stereocenters. The number of Topliss-reactive ketones (excluding diaryl/α,β-unsaturated/α-hetero) is 1. The third-order valence-corrected chi connectivity index (χ3v) is 19.3. The van der Waals surface area contributed by atoms with Crippen LogP contribution < -0.4 is 0 Å². The molecule has 21 heteroatoms. The summed E-state index contributed by atoms with van der Waals surface area (Å²) >= 11 is 0. The summed E-state index contributed by atoms with van der Waals surface area (Å²) in [6.07, 6.45) is -8.91. The molecule has 0 amide bonds. The average molecular weight is 1080 g/mol. The van der Waals surface area contributed by atoms with Gasteiger partial charge in [-0.25, -0.2) is 0 Å². The normalized spacial score (nSPS) is 44.1. The number of carbonyl (C=O) groups is 8. The summed E-state index contributed by atoms with van der Waals surface area (Å²) in [7, 11) is 0. The van der Waals surface area contributed by atoms with Crippen molar-refractivity contribution in [1.82, 2.24) is 0 Å². The summed E-state index contributed by atoms with van der Waals surface area (Å²) in [4.78, 5) is 104. The van der Waals surface area contributed by atoms with Gasteiger partial charge in [-0.1, -0.05) is 27.7 Å². The Labute approximate surface area is 444 Å². The van der Waals surface area contributed by atoms with Gasteiger partial charge in [-0.05, 0) is 111 Å². The van der Waals surface area contributed by atoms with E-state index in [4.69, 9.17) is 56.8 Å². The highest BCUT2D eigenvalue weighted by molar-refractivity contribution is 5.87. The number of aliphatic hydroxyl groups is 1. The lowest BCUT2D eigenvalue weighted by atomic mass is 9.41. The van der Waals surface area contributed by atoms with E-state index >= 15 is 4.79 Å². The molecule has 0 aromatic carbocycles. The van der Waals surface area contributed by atoms with Gasteiger partial charge in [0.2, 0.25) is 0 Å². The molecule has 426 valence electrons. The van der Waals surface area contributed by atoms with Crippen LogP contribution in [0.25, 0.3) is 0 Å². The lowest BCUT2D eigenvalue weighted by Gasteiger charge is -2.65. The van der Waals surface area contributed by atoms with E-state index in [2.05, 4.69) is 27.7 Å². The Bertz CT molecular complexity index is 2330. The molecule has 3 aliphatic heterocycles. The molecule has 76 heavy (non-hydrogen) atoms. The number of rotatable bonds is 14. The predicted octanol–water partition coefficient (Wildman–Crippen LogP) is 4.93. The fraction of sp³-hybridized carbons (Fsp3) is 0.855. The van der Waals surface area contributed by atoms with Gasteiger partial charge in [0.25, 0.3) is 0 Å². The fourth-order valence-corrected chi connectivity index (χ4v) is 16.6. The second-order valence-electron chi connectivity index (χ2n) is 25.0. The van der Waals surface area contributed by atoms with Crippen molar-refractivity contribution in [3.8, 4) is 0 Å². The minimum absolute atomic E-state index is 0.116. The van der Waals surface area contributed by atoms with Crippen LogP contribution in [0.5, 0.6) is 0 Å². The number of fused-ring (bicyclic) bond motifs is 2. The Morgan fingerprint density at radius 2 is 1.18 bits per heavy atom. The minimum Gasteiger partial charge on any atom is -0.463 e. The van der Waals surface area contributed by atoms with E-state index in [1.807, 2.05) is 6.92 Å². The number of ketones is 1. The molecular formula is C55H80O21. The van der Waals surface area contributed by atoms with Crippen molar-refractivity contribution in [2.75, 3.05) is 13.2 Å². The Balaban J connectivity index is 1.22. The largest absolute Gasteiger partial charge is 0.463 e. The van der Waals surface area contributed by atoms with Crippen molar-refractivity contribution in [3.63, 3.8) is 0 Å². The standard InChI is InChI=1S/C55H80O21/c1-26(56)65-23-36-40(68-28(3)58)42(70-30(5)60)44(72-32(7)62)48(74-36)73-34-21-37-52(13)22-33(63)45(53(14)17-15-39(76-53)50(10,11)64)51(52,12)19-20-54(37)25-55(54)18-16-38(49(8,9)46(34)55)75-47-43(71-31(6)61)41(69-29(4)59)35(24-66-47)67-27(2)57/h34-48,64H,15-25H2,1-14H3/t34-,35+,36+,37-,38-,39-,40+,41-,42-,43+,44+,45-,46-,47?,48?,51+,52-,53+,54-,55+/m0/s1. The van der Waals surface area contributed by atoms with Crippen LogP contribution in [0.4, 0.5) is 0 Å². The second kappa shape index (κ2) is 20.4. The summed E-state index contributed by atoms with van der Waals surface area (Å²) in [5, 5.41) is 11.1. The van der Waals surface area contributed by atoms with E-state index in [9.17, 15) is 38.7 Å². The molecule has 1 N–H and O–H groups in total. The van der Waals surface area contributed by atoms with Gasteiger partial charge >= 0.3 is 41.8 Å². The van der Waals surface area contributed by atoms with Crippen LogP contribution >= 0.6 is 0 Å². The summed E-state index contributed by atoms with van der Waals surface area (Å²) in [5.74, 6) is -6.02. The minimum atomic E-state index is -1.52. The topological polar surface area (TPSA) is 268 Å². The lowest BCUT2D eigenvalue weighted by molar-refractivity contribution is -0.341. The molecule has 3 saturated heterocycles. The van der Waals surface area contributed by atoms with Crippen molar-refractivity contribution in [1.29, 1.82) is 0 Å². The second-order valence-corrected chi connectivity index (χ2v) is 25.0. The van der Waals surface area contributed by atoms with Crippen molar-refractivity contribution in [2.24, 2.45) is 44.8 Å². The Kier molecular flexibility index (Phi) is 15.6. The number of ether oxygens (including phenoxy) is 12. The number of esters is 7. The van der Waals surface area contributed by atoms with Gasteiger partial charge in [0.1, 0.15) is 18.5 Å². The SMILES string of the molecule is CC(=O)OC[C@H]1OC(O[C@H]2C[C@@H]3[C@]4(CC[C@]5(C)[C@@H]([C@@]6(C)CC[C@@H](C(C)(C)O)O6)C(=O)C[C@@]35C)C[C@@]43CC[C@H](OC4OC[C@@H](OC(C)=O)[C@H](OC(C)=O)[C@H]4OC(C)=O)C(C)(C)[C@H]23)[C@H](OC(C)=O)[C@@H](OC(C)=O)[C@@H]1OC(C)=O. The quantitative estimate of drug-likeness (QED) is 0.137. The number of hydrogen-bond acceptors (Lipinski definition) is 21. The molecule has 2 spiro atoms. The Morgan fingerprint density at radius 1 is 0.618 bits per heavy atom. The van der Waals surface area contributed by atoms with Gasteiger partial charge in [0, 0.05) is 54.9 Å². The number of hydrogen-bond donors (Lipinski definition) is 1. The maximum atomic E-state index is 15.0. The molecule has 20 atom stereocenters. The first-order valence-electron chi connectivity index (χ1n) is 26.9. The van der Waals surface area contributed by atoms with Crippen LogP contribution in [-0.4, -0.2) is 151 Å². The van der Waals surface area contributed by atoms with Crippen LogP contribution in [0.3, 0.4) is 0 Å². The van der Waals surface area contributed by atoms with Crippen molar-refractivity contribution >= 4 is 47.6 Å². The molecule has 8 rings (SSSR count). The fourth-order valence-electron chi connectivity index (χ4n) is 16.6. The first-order valence-corrected chi connectivity index (χ1v) is 26.9. The van der Waals surface area contributed by atoms with E-state index in [0.29, 0.717) is 32.1 Å². The maximum Gasteiger partial charge on any atom is 0.303 e. The van der Waals surface area contributed by atoms with E-state index < -0.39 is 161 Å². The van der Waals surface area contributed by atoms with Crippen molar-refractivity contribution < 1.29 is 100 Å². The molecular weight excluding hydrogens is 997 g/mol. The molecule has 0 aromatic rings. The molecule has 8 aliphatic rings. The van der Waals surface area contributed by atoms with E-state index in [1.165, 1.54) is 34.6 Å². The average Bonchev–Trinajstić information content (AvgIpc) is 3.71. The van der Waals surface area contributed by atoms with Gasteiger partial charge in [-0.3, -0.25) is 38.4 Å². The molecule has 8 fully saturated rings. The third kappa shape index (κ3) is 10.1. The molecule has 5 aliphatic carbocycles. The molecule has 0 bridgehead atoms. The van der Waals surface area contributed by atoms with Crippen LogP contribution in [0, 0.1) is 44.8 Å². The molecule has 0 aromatic heterocycles. The summed E-state index contributed by atoms with van der Waals surface area (Å²) in [6, 6.07) is 0. The third-order valence-electron chi connectivity index (χ3n) is 19.3. The van der Waals surface area contributed by atoms with Crippen molar-refractivity contribution in [3.05, 3.63) is 0 Å². The maximum absolute atomic E-state index is 15.0. The van der Waals surface area contributed by atoms with Gasteiger partial charge in [0.05, 0.1) is 42.0 Å². The molecule has 0 radical (unpaired) electrons. The molecule has 3 heterocycles. The number of carbonyl (C=O) groups excluding carboxylic acids is 8. The highest BCUT2D eigenvalue weighted by atomic mass is 16.7. The molecule has 21 nitrogen and oxygen atoms in total. The monoisotopic (exact) mass is 1080 g/mol. The smallest absolute Gasteiger partial charge is 0.303 e. The zero-order chi connectivity index (χ0) is 56.0. The summed E-state index contributed by atoms with van der Waals surface area (Å²) in [5.41, 5.74) is -4.67. The van der Waals surface area contributed by atoms with Gasteiger partial charge in [0.15, 0.2) is 49.2 Å². The van der Waals surface area contributed by atoms with E-state index in [1.54, 1.807) is 13.8 Å². The zero-order valence-corrected chi connectivity index (χ0v) is 46.6. The first-order chi connectivity index (χ1) is 35.2. The summed E-state index contributed by atoms with van der Waals surface area (Å²) in [6.45, 7) is 21.6.